The second kappa shape index (κ2) is 6.05. The molecule has 1 aromatic rings. The number of halogens is 1. The van der Waals surface area contributed by atoms with Gasteiger partial charge in [0.05, 0.1) is 0 Å². The summed E-state index contributed by atoms with van der Waals surface area (Å²) in [5, 5.41) is 3.46. The van der Waals surface area contributed by atoms with Crippen LogP contribution in [0, 0.1) is 0 Å². The average molecular weight is 218 g/mol. The first-order valence-electron chi connectivity index (χ1n) is 4.04. The third-order valence-electron chi connectivity index (χ3n) is 1.46. The Kier molecular flexibility index (Phi) is 4.93. The molecule has 1 rings (SSSR count). The molecule has 0 radical (unpaired) electrons. The second-order valence-electron chi connectivity index (χ2n) is 2.48. The van der Waals surface area contributed by atoms with E-state index in [1.165, 1.54) is 0 Å². The molecular formula is C8H12ClN3S. The first-order valence-corrected chi connectivity index (χ1v) is 5.81. The molecule has 0 saturated carbocycles. The van der Waals surface area contributed by atoms with Crippen LogP contribution in [0.15, 0.2) is 12.3 Å². The van der Waals surface area contributed by atoms with Crippen LogP contribution in [0.5, 0.6) is 0 Å². The van der Waals surface area contributed by atoms with Gasteiger partial charge in [-0.15, -0.1) is 0 Å². The fourth-order valence-corrected chi connectivity index (χ4v) is 1.45. The summed E-state index contributed by atoms with van der Waals surface area (Å²) in [5.41, 5.74) is 0. The lowest BCUT2D eigenvalue weighted by Gasteiger charge is -2.03. The molecule has 5 heteroatoms. The number of anilines is 1. The van der Waals surface area contributed by atoms with E-state index in [1.807, 2.05) is 17.8 Å². The van der Waals surface area contributed by atoms with Gasteiger partial charge in [-0.2, -0.15) is 11.8 Å². The van der Waals surface area contributed by atoms with Gasteiger partial charge in [0.25, 0.3) is 0 Å². The molecule has 0 aliphatic carbocycles. The van der Waals surface area contributed by atoms with E-state index in [4.69, 9.17) is 11.6 Å². The summed E-state index contributed by atoms with van der Waals surface area (Å²) < 4.78 is 0. The summed E-state index contributed by atoms with van der Waals surface area (Å²) in [6.45, 7) is 0.925. The smallest absolute Gasteiger partial charge is 0.224 e. The third kappa shape index (κ3) is 4.33. The number of rotatable bonds is 5. The van der Waals surface area contributed by atoms with Gasteiger partial charge in [-0.25, -0.2) is 9.97 Å². The average Bonchev–Trinajstić information content (AvgIpc) is 2.13. The molecule has 0 saturated heterocycles. The Morgan fingerprint density at radius 2 is 2.46 bits per heavy atom. The van der Waals surface area contributed by atoms with Gasteiger partial charge < -0.3 is 5.32 Å². The highest BCUT2D eigenvalue weighted by Gasteiger charge is 1.94. The largest absolute Gasteiger partial charge is 0.370 e. The lowest BCUT2D eigenvalue weighted by atomic mass is 10.4. The predicted octanol–water partition coefficient (Wildman–Crippen LogP) is 2.29. The molecule has 0 spiro atoms. The lowest BCUT2D eigenvalue weighted by Crippen LogP contribution is -2.04. The number of nitrogens with one attached hydrogen (secondary N) is 1. The van der Waals surface area contributed by atoms with Crippen molar-refractivity contribution in [2.24, 2.45) is 0 Å². The Bertz CT molecular complexity index is 257. The zero-order valence-electron chi connectivity index (χ0n) is 7.46. The van der Waals surface area contributed by atoms with Crippen LogP contribution in [0.3, 0.4) is 0 Å². The molecule has 0 bridgehead atoms. The van der Waals surface area contributed by atoms with E-state index in [2.05, 4.69) is 21.5 Å². The van der Waals surface area contributed by atoms with Gasteiger partial charge in [-0.3, -0.25) is 0 Å². The maximum Gasteiger partial charge on any atom is 0.224 e. The summed E-state index contributed by atoms with van der Waals surface area (Å²) in [4.78, 5) is 7.80. The number of aromatic nitrogens is 2. The van der Waals surface area contributed by atoms with Crippen molar-refractivity contribution in [3.8, 4) is 0 Å². The van der Waals surface area contributed by atoms with E-state index < -0.39 is 0 Å². The zero-order valence-corrected chi connectivity index (χ0v) is 9.03. The van der Waals surface area contributed by atoms with Crippen LogP contribution in [-0.2, 0) is 0 Å². The second-order valence-corrected chi connectivity index (χ2v) is 3.81. The van der Waals surface area contributed by atoms with Gasteiger partial charge in [0.2, 0.25) is 5.28 Å². The molecule has 0 fully saturated rings. The van der Waals surface area contributed by atoms with Crippen molar-refractivity contribution in [1.29, 1.82) is 0 Å². The number of nitrogens with zero attached hydrogens (tertiary/aromatic N) is 2. The standard InChI is InChI=1S/C8H12ClN3S/c1-13-6-2-4-10-7-3-5-11-8(9)12-7/h3,5H,2,4,6H2,1H3,(H,10,11,12). The van der Waals surface area contributed by atoms with Crippen molar-refractivity contribution in [1.82, 2.24) is 9.97 Å². The summed E-state index contributed by atoms with van der Waals surface area (Å²) in [6, 6.07) is 1.81. The predicted molar refractivity (Wildman–Crippen MR) is 58.5 cm³/mol. The van der Waals surface area contributed by atoms with Gasteiger partial charge in [-0.05, 0) is 36.1 Å². The number of thioether (sulfide) groups is 1. The van der Waals surface area contributed by atoms with E-state index in [-0.39, 0.29) is 5.28 Å². The van der Waals surface area contributed by atoms with Crippen molar-refractivity contribution in [3.05, 3.63) is 17.5 Å². The Hall–Kier alpha value is -0.480. The molecule has 0 aliphatic heterocycles. The van der Waals surface area contributed by atoms with Crippen LogP contribution in [0.2, 0.25) is 5.28 Å². The van der Waals surface area contributed by atoms with Gasteiger partial charge in [0, 0.05) is 12.7 Å². The van der Waals surface area contributed by atoms with E-state index in [0.717, 1.165) is 24.5 Å². The molecule has 0 unspecified atom stereocenters. The van der Waals surface area contributed by atoms with Gasteiger partial charge in [0.15, 0.2) is 0 Å². The number of hydrogen-bond donors (Lipinski definition) is 1. The van der Waals surface area contributed by atoms with Crippen molar-refractivity contribution in [2.75, 3.05) is 23.9 Å². The molecule has 0 amide bonds. The third-order valence-corrected chi connectivity index (χ3v) is 2.34. The van der Waals surface area contributed by atoms with E-state index in [9.17, 15) is 0 Å². The van der Waals surface area contributed by atoms with Crippen LogP contribution >= 0.6 is 23.4 Å². The molecule has 3 nitrogen and oxygen atoms in total. The molecule has 0 atom stereocenters. The van der Waals surface area contributed by atoms with Crippen molar-refractivity contribution < 1.29 is 0 Å². The first kappa shape index (κ1) is 10.6. The molecule has 0 aromatic carbocycles. The minimum Gasteiger partial charge on any atom is -0.370 e. The Balaban J connectivity index is 2.28. The highest BCUT2D eigenvalue weighted by molar-refractivity contribution is 7.98. The minimum atomic E-state index is 0.287. The van der Waals surface area contributed by atoms with Gasteiger partial charge >= 0.3 is 0 Å². The molecule has 72 valence electrons. The van der Waals surface area contributed by atoms with E-state index in [1.54, 1.807) is 6.20 Å². The SMILES string of the molecule is CSCCCNc1ccnc(Cl)n1. The Morgan fingerprint density at radius 1 is 1.62 bits per heavy atom. The van der Waals surface area contributed by atoms with E-state index >= 15 is 0 Å². The fourth-order valence-electron chi connectivity index (χ4n) is 0.866. The normalized spacial score (nSPS) is 10.0. The summed E-state index contributed by atoms with van der Waals surface area (Å²) in [7, 11) is 0. The maximum absolute atomic E-state index is 5.62. The van der Waals surface area contributed by atoms with Gasteiger partial charge in [-0.1, -0.05) is 0 Å². The molecule has 1 heterocycles. The first-order chi connectivity index (χ1) is 6.33. The fraction of sp³-hybridized carbons (Fsp3) is 0.500. The van der Waals surface area contributed by atoms with Gasteiger partial charge in [0.1, 0.15) is 5.82 Å². The summed E-state index contributed by atoms with van der Waals surface area (Å²) >= 11 is 7.46. The lowest BCUT2D eigenvalue weighted by molar-refractivity contribution is 0.976. The van der Waals surface area contributed by atoms with Crippen molar-refractivity contribution in [3.63, 3.8) is 0 Å². The highest BCUT2D eigenvalue weighted by atomic mass is 35.5. The quantitative estimate of drug-likeness (QED) is 0.607. The van der Waals surface area contributed by atoms with Crippen LogP contribution in [0.1, 0.15) is 6.42 Å². The summed E-state index contributed by atoms with van der Waals surface area (Å²) in [5.74, 6) is 1.95. The molecule has 13 heavy (non-hydrogen) atoms. The zero-order chi connectivity index (χ0) is 9.52. The van der Waals surface area contributed by atoms with Crippen LogP contribution in [-0.4, -0.2) is 28.5 Å². The number of hydrogen-bond acceptors (Lipinski definition) is 4. The minimum absolute atomic E-state index is 0.287. The topological polar surface area (TPSA) is 37.8 Å². The van der Waals surface area contributed by atoms with Crippen molar-refractivity contribution in [2.45, 2.75) is 6.42 Å². The molecule has 0 aliphatic rings. The monoisotopic (exact) mass is 217 g/mol. The van der Waals surface area contributed by atoms with Crippen LogP contribution in [0.25, 0.3) is 0 Å². The summed E-state index contributed by atoms with van der Waals surface area (Å²) in [6.07, 6.45) is 4.87. The van der Waals surface area contributed by atoms with E-state index in [0.29, 0.717) is 0 Å². The molecule has 1 N–H and O–H groups in total. The highest BCUT2D eigenvalue weighted by Crippen LogP contribution is 2.05. The Morgan fingerprint density at radius 3 is 3.15 bits per heavy atom. The maximum atomic E-state index is 5.62. The van der Waals surface area contributed by atoms with Crippen LogP contribution in [0.4, 0.5) is 5.82 Å². The van der Waals surface area contributed by atoms with Crippen LogP contribution < -0.4 is 5.32 Å². The van der Waals surface area contributed by atoms with Crippen molar-refractivity contribution >= 4 is 29.2 Å². The Labute approximate surface area is 87.3 Å². The molecule has 1 aromatic heterocycles. The molecular weight excluding hydrogens is 206 g/mol.